The molecule has 174 valence electrons. The van der Waals surface area contributed by atoms with Crippen LogP contribution in [0.1, 0.15) is 29.9 Å². The van der Waals surface area contributed by atoms with E-state index in [-0.39, 0.29) is 38.6 Å². The summed E-state index contributed by atoms with van der Waals surface area (Å²) in [6.07, 6.45) is -0.466. The van der Waals surface area contributed by atoms with E-state index in [9.17, 15) is 19.5 Å². The van der Waals surface area contributed by atoms with Crippen molar-refractivity contribution in [3.05, 3.63) is 59.7 Å². The van der Waals surface area contributed by atoms with E-state index in [1.54, 1.807) is 0 Å². The van der Waals surface area contributed by atoms with Gasteiger partial charge in [0.2, 0.25) is 5.91 Å². The Balaban J connectivity index is 1.47. The molecular formula is C24H26N2O7. The monoisotopic (exact) mass is 454 g/mol. The molecule has 1 aliphatic carbocycles. The molecule has 2 aromatic carbocycles. The van der Waals surface area contributed by atoms with Crippen molar-refractivity contribution >= 4 is 18.0 Å². The molecule has 0 aromatic heterocycles. The van der Waals surface area contributed by atoms with Gasteiger partial charge >= 0.3 is 12.1 Å². The largest absolute Gasteiger partial charge is 0.480 e. The molecular weight excluding hydrogens is 428 g/mol. The number of ether oxygens (including phenoxy) is 2. The number of amides is 2. The zero-order valence-corrected chi connectivity index (χ0v) is 18.0. The van der Waals surface area contributed by atoms with Gasteiger partial charge in [0.1, 0.15) is 18.2 Å². The summed E-state index contributed by atoms with van der Waals surface area (Å²) in [6.45, 7) is -0.247. The summed E-state index contributed by atoms with van der Waals surface area (Å²) < 4.78 is 10.9. The molecule has 4 N–H and O–H groups in total. The maximum Gasteiger partial charge on any atom is 0.408 e. The molecule has 1 fully saturated rings. The molecule has 0 bridgehead atoms. The Morgan fingerprint density at radius 1 is 1.03 bits per heavy atom. The van der Waals surface area contributed by atoms with Crippen molar-refractivity contribution < 1.29 is 34.1 Å². The quantitative estimate of drug-likeness (QED) is 0.500. The average Bonchev–Trinajstić information content (AvgIpc) is 3.15. The molecule has 9 heteroatoms. The summed E-state index contributed by atoms with van der Waals surface area (Å²) in [5.41, 5.74) is 2.95. The molecule has 33 heavy (non-hydrogen) atoms. The molecule has 0 radical (unpaired) electrons. The number of carboxylic acids is 1. The van der Waals surface area contributed by atoms with Crippen LogP contribution in [0.3, 0.4) is 0 Å². The zero-order chi connectivity index (χ0) is 23.4. The second-order valence-electron chi connectivity index (χ2n) is 8.19. The molecule has 0 saturated carbocycles. The van der Waals surface area contributed by atoms with E-state index in [2.05, 4.69) is 10.6 Å². The minimum Gasteiger partial charge on any atom is -0.480 e. The van der Waals surface area contributed by atoms with Crippen LogP contribution in [-0.4, -0.2) is 66.2 Å². The third-order valence-electron chi connectivity index (χ3n) is 6.25. The minimum absolute atomic E-state index is 0.0858. The fourth-order valence-electron chi connectivity index (χ4n) is 4.44. The Bertz CT molecular complexity index is 1000. The highest BCUT2D eigenvalue weighted by Gasteiger charge is 2.43. The number of hydrogen-bond donors (Lipinski definition) is 4. The van der Waals surface area contributed by atoms with Crippen molar-refractivity contribution in [2.45, 2.75) is 30.3 Å². The molecule has 1 unspecified atom stereocenters. The fraction of sp³-hybridized carbons (Fsp3) is 0.375. The normalized spacial score (nSPS) is 17.4. The lowest BCUT2D eigenvalue weighted by Crippen LogP contribution is -2.63. The van der Waals surface area contributed by atoms with Crippen LogP contribution in [0, 0.1) is 0 Å². The summed E-state index contributed by atoms with van der Waals surface area (Å²) in [7, 11) is 0. The third kappa shape index (κ3) is 4.55. The van der Waals surface area contributed by atoms with Gasteiger partial charge in [0.05, 0.1) is 6.61 Å². The molecule has 1 atom stereocenters. The fourth-order valence-corrected chi connectivity index (χ4v) is 4.44. The third-order valence-corrected chi connectivity index (χ3v) is 6.25. The number of aliphatic hydroxyl groups excluding tert-OH is 1. The highest BCUT2D eigenvalue weighted by Crippen LogP contribution is 2.44. The van der Waals surface area contributed by atoms with Crippen molar-refractivity contribution in [1.29, 1.82) is 0 Å². The number of aliphatic carboxylic acids is 1. The van der Waals surface area contributed by atoms with E-state index in [1.807, 2.05) is 48.5 Å². The molecule has 2 aromatic rings. The van der Waals surface area contributed by atoms with Crippen LogP contribution in [0.5, 0.6) is 0 Å². The average molecular weight is 454 g/mol. The van der Waals surface area contributed by atoms with Crippen molar-refractivity contribution in [3.63, 3.8) is 0 Å². The van der Waals surface area contributed by atoms with Gasteiger partial charge in [0.25, 0.3) is 0 Å². The molecule has 1 heterocycles. The Labute approximate surface area is 190 Å². The SMILES string of the molecule is O=C(NC1(C(=O)NC(CO)C(=O)O)CCOCC1)OCC1c2ccccc2-c2ccccc21. The van der Waals surface area contributed by atoms with Gasteiger partial charge in [-0.3, -0.25) is 4.79 Å². The number of carboxylic acid groups (broad SMARTS) is 1. The first-order valence-electron chi connectivity index (χ1n) is 10.8. The number of alkyl carbamates (subject to hydrolysis) is 1. The topological polar surface area (TPSA) is 134 Å². The molecule has 2 aliphatic rings. The van der Waals surface area contributed by atoms with Crippen LogP contribution >= 0.6 is 0 Å². The van der Waals surface area contributed by atoms with Crippen LogP contribution in [0.25, 0.3) is 11.1 Å². The smallest absolute Gasteiger partial charge is 0.408 e. The zero-order valence-electron chi connectivity index (χ0n) is 18.0. The highest BCUT2D eigenvalue weighted by molar-refractivity contribution is 5.93. The van der Waals surface area contributed by atoms with Gasteiger partial charge in [-0.2, -0.15) is 0 Å². The van der Waals surface area contributed by atoms with Crippen molar-refractivity contribution in [3.8, 4) is 11.1 Å². The van der Waals surface area contributed by atoms with E-state index in [0.29, 0.717) is 0 Å². The summed E-state index contributed by atoms with van der Waals surface area (Å²) in [5.74, 6) is -2.19. The van der Waals surface area contributed by atoms with Crippen LogP contribution in [0.4, 0.5) is 4.79 Å². The number of rotatable bonds is 7. The summed E-state index contributed by atoms with van der Waals surface area (Å²) in [4.78, 5) is 36.9. The number of hydrogen-bond acceptors (Lipinski definition) is 6. The van der Waals surface area contributed by atoms with Crippen LogP contribution in [0.2, 0.25) is 0 Å². The minimum atomic E-state index is -1.47. The van der Waals surface area contributed by atoms with Crippen molar-refractivity contribution in [2.75, 3.05) is 26.4 Å². The molecule has 4 rings (SSSR count). The van der Waals surface area contributed by atoms with E-state index in [1.165, 1.54) is 0 Å². The first-order chi connectivity index (χ1) is 15.9. The van der Waals surface area contributed by atoms with Crippen LogP contribution in [-0.2, 0) is 19.1 Å². The van der Waals surface area contributed by atoms with E-state index in [4.69, 9.17) is 14.6 Å². The first kappa shape index (κ1) is 22.8. The number of benzene rings is 2. The Kier molecular flexibility index (Phi) is 6.62. The molecule has 0 spiro atoms. The number of fused-ring (bicyclic) bond motifs is 3. The van der Waals surface area contributed by atoms with Crippen molar-refractivity contribution in [1.82, 2.24) is 10.6 Å². The number of nitrogens with one attached hydrogen (secondary N) is 2. The lowest BCUT2D eigenvalue weighted by molar-refractivity contribution is -0.145. The van der Waals surface area contributed by atoms with E-state index < -0.39 is 36.2 Å². The van der Waals surface area contributed by atoms with Crippen LogP contribution < -0.4 is 10.6 Å². The summed E-state index contributed by atoms with van der Waals surface area (Å²) >= 11 is 0. The lowest BCUT2D eigenvalue weighted by atomic mass is 9.88. The lowest BCUT2D eigenvalue weighted by Gasteiger charge is -2.36. The van der Waals surface area contributed by atoms with Crippen molar-refractivity contribution in [2.24, 2.45) is 0 Å². The summed E-state index contributed by atoms with van der Waals surface area (Å²) in [5, 5.41) is 23.3. The Hall–Kier alpha value is -3.43. The van der Waals surface area contributed by atoms with E-state index in [0.717, 1.165) is 22.3 Å². The second-order valence-corrected chi connectivity index (χ2v) is 8.19. The molecule has 1 saturated heterocycles. The Morgan fingerprint density at radius 2 is 1.61 bits per heavy atom. The maximum absolute atomic E-state index is 12.9. The number of carbonyl (C=O) groups excluding carboxylic acids is 2. The highest BCUT2D eigenvalue weighted by atomic mass is 16.5. The number of aliphatic hydroxyl groups is 1. The standard InChI is InChI=1S/C24H26N2O7/c27-13-20(21(28)29)25-22(30)24(9-11-32-12-10-24)26-23(31)33-14-19-17-7-3-1-5-15(17)16-6-2-4-8-18(16)19/h1-8,19-20,27H,9-14H2,(H,25,30)(H,26,31)(H,28,29). The van der Waals surface area contributed by atoms with Crippen LogP contribution in [0.15, 0.2) is 48.5 Å². The van der Waals surface area contributed by atoms with Gasteiger partial charge < -0.3 is 30.3 Å². The Morgan fingerprint density at radius 3 is 2.15 bits per heavy atom. The number of carbonyl (C=O) groups is 3. The maximum atomic E-state index is 12.9. The van der Waals surface area contributed by atoms with Gasteiger partial charge in [0, 0.05) is 32.0 Å². The van der Waals surface area contributed by atoms with Gasteiger partial charge in [-0.1, -0.05) is 48.5 Å². The second kappa shape index (κ2) is 9.60. The molecule has 1 aliphatic heterocycles. The predicted molar refractivity (Wildman–Crippen MR) is 118 cm³/mol. The summed E-state index contributed by atoms with van der Waals surface area (Å²) in [6, 6.07) is 14.4. The predicted octanol–water partition coefficient (Wildman–Crippen LogP) is 1.64. The molecule has 9 nitrogen and oxygen atoms in total. The first-order valence-corrected chi connectivity index (χ1v) is 10.8. The van der Waals surface area contributed by atoms with Gasteiger partial charge in [-0.15, -0.1) is 0 Å². The van der Waals surface area contributed by atoms with Gasteiger partial charge in [0.15, 0.2) is 0 Å². The van der Waals surface area contributed by atoms with E-state index >= 15 is 0 Å². The molecule has 2 amide bonds. The van der Waals surface area contributed by atoms with Gasteiger partial charge in [-0.05, 0) is 22.3 Å². The van der Waals surface area contributed by atoms with Gasteiger partial charge in [-0.25, -0.2) is 9.59 Å².